The molecule has 0 aliphatic rings. The fourth-order valence-electron chi connectivity index (χ4n) is 2.41. The number of hydrogen-bond acceptors (Lipinski definition) is 6. The lowest BCUT2D eigenvalue weighted by atomic mass is 10.1. The highest BCUT2D eigenvalue weighted by atomic mass is 32.1. The van der Waals surface area contributed by atoms with Crippen LogP contribution in [-0.4, -0.2) is 25.1 Å². The van der Waals surface area contributed by atoms with Crippen LogP contribution in [-0.2, 0) is 4.79 Å². The molecule has 0 bridgehead atoms. The number of amides is 1. The van der Waals surface area contributed by atoms with Crippen molar-refractivity contribution < 1.29 is 14.3 Å². The van der Waals surface area contributed by atoms with Crippen LogP contribution in [0, 0.1) is 0 Å². The molecule has 134 valence electrons. The molecule has 0 spiro atoms. The van der Waals surface area contributed by atoms with E-state index in [4.69, 9.17) is 9.47 Å². The lowest BCUT2D eigenvalue weighted by Crippen LogP contribution is -2.05. The summed E-state index contributed by atoms with van der Waals surface area (Å²) in [5.41, 5.74) is 3.41. The van der Waals surface area contributed by atoms with Gasteiger partial charge in [-0.1, -0.05) is 12.1 Å². The summed E-state index contributed by atoms with van der Waals surface area (Å²) in [6, 6.07) is 13.1. The molecule has 0 saturated heterocycles. The van der Waals surface area contributed by atoms with Crippen LogP contribution in [0.25, 0.3) is 11.3 Å². The van der Waals surface area contributed by atoms with Gasteiger partial charge >= 0.3 is 0 Å². The predicted molar refractivity (Wildman–Crippen MR) is 105 cm³/mol. The van der Waals surface area contributed by atoms with Crippen molar-refractivity contribution in [2.75, 3.05) is 24.9 Å². The van der Waals surface area contributed by atoms with Gasteiger partial charge in [-0.25, -0.2) is 4.98 Å². The number of rotatable bonds is 6. The van der Waals surface area contributed by atoms with Crippen molar-refractivity contribution in [2.45, 2.75) is 6.92 Å². The van der Waals surface area contributed by atoms with Crippen molar-refractivity contribution in [2.24, 2.45) is 0 Å². The van der Waals surface area contributed by atoms with Gasteiger partial charge in [0.1, 0.15) is 11.5 Å². The van der Waals surface area contributed by atoms with Crippen molar-refractivity contribution in [1.82, 2.24) is 4.98 Å². The molecule has 3 rings (SSSR count). The minimum absolute atomic E-state index is 0.0914. The first-order chi connectivity index (χ1) is 12.6. The van der Waals surface area contributed by atoms with E-state index in [0.717, 1.165) is 33.5 Å². The molecule has 0 saturated carbocycles. The minimum Gasteiger partial charge on any atom is -0.497 e. The monoisotopic (exact) mass is 369 g/mol. The Bertz CT molecular complexity index is 907. The van der Waals surface area contributed by atoms with E-state index in [1.54, 1.807) is 14.2 Å². The summed E-state index contributed by atoms with van der Waals surface area (Å²) in [6.07, 6.45) is 0. The van der Waals surface area contributed by atoms with Gasteiger partial charge in [-0.05, 0) is 24.3 Å². The largest absolute Gasteiger partial charge is 0.497 e. The van der Waals surface area contributed by atoms with Crippen LogP contribution >= 0.6 is 11.3 Å². The minimum atomic E-state index is -0.0914. The normalized spacial score (nSPS) is 10.3. The first kappa shape index (κ1) is 17.8. The van der Waals surface area contributed by atoms with Crippen molar-refractivity contribution in [3.63, 3.8) is 0 Å². The highest BCUT2D eigenvalue weighted by Crippen LogP contribution is 2.34. The third-order valence-corrected chi connectivity index (χ3v) is 4.41. The lowest BCUT2D eigenvalue weighted by Gasteiger charge is -2.10. The third-order valence-electron chi connectivity index (χ3n) is 3.66. The van der Waals surface area contributed by atoms with E-state index in [-0.39, 0.29) is 5.91 Å². The summed E-state index contributed by atoms with van der Waals surface area (Å²) >= 11 is 1.50. The van der Waals surface area contributed by atoms with E-state index in [9.17, 15) is 4.79 Å². The molecule has 7 heteroatoms. The molecule has 0 unspecified atom stereocenters. The van der Waals surface area contributed by atoms with Gasteiger partial charge in [0.15, 0.2) is 5.13 Å². The second-order valence-electron chi connectivity index (χ2n) is 5.49. The van der Waals surface area contributed by atoms with Gasteiger partial charge < -0.3 is 20.1 Å². The Hall–Kier alpha value is -3.06. The van der Waals surface area contributed by atoms with Crippen LogP contribution in [0.4, 0.5) is 16.5 Å². The number of nitrogens with one attached hydrogen (secondary N) is 2. The Morgan fingerprint density at radius 3 is 2.50 bits per heavy atom. The predicted octanol–water partition coefficient (Wildman–Crippen LogP) is 4.53. The van der Waals surface area contributed by atoms with Crippen molar-refractivity contribution in [3.8, 4) is 22.8 Å². The molecule has 0 aliphatic carbocycles. The standard InChI is InChI=1S/C19H19N3O3S/c1-12(23)20-14-6-4-13(5-7-14)17-11-26-19(22-17)21-16-9-8-15(24-2)10-18(16)25-3/h4-11H,1-3H3,(H,20,23)(H,21,22). The van der Waals surface area contributed by atoms with Gasteiger partial charge in [-0.15, -0.1) is 11.3 Å². The second kappa shape index (κ2) is 7.88. The zero-order valence-electron chi connectivity index (χ0n) is 14.7. The molecule has 1 aromatic heterocycles. The number of carbonyl (C=O) groups is 1. The molecule has 3 aromatic rings. The SMILES string of the molecule is COc1ccc(Nc2nc(-c3ccc(NC(C)=O)cc3)cs2)c(OC)c1. The molecule has 0 fully saturated rings. The summed E-state index contributed by atoms with van der Waals surface area (Å²) in [5.74, 6) is 1.32. The van der Waals surface area contributed by atoms with Crippen LogP contribution in [0.1, 0.15) is 6.92 Å². The number of methoxy groups -OCH3 is 2. The Kier molecular flexibility index (Phi) is 5.38. The summed E-state index contributed by atoms with van der Waals surface area (Å²) in [6.45, 7) is 1.49. The van der Waals surface area contributed by atoms with Gasteiger partial charge in [0, 0.05) is 29.6 Å². The topological polar surface area (TPSA) is 72.5 Å². The molecule has 2 N–H and O–H groups in total. The number of aromatic nitrogens is 1. The zero-order chi connectivity index (χ0) is 18.5. The highest BCUT2D eigenvalue weighted by molar-refractivity contribution is 7.14. The molecule has 0 radical (unpaired) electrons. The molecule has 6 nitrogen and oxygen atoms in total. The molecule has 1 amide bonds. The molecule has 0 atom stereocenters. The number of ether oxygens (including phenoxy) is 2. The van der Waals surface area contributed by atoms with Gasteiger partial charge in [0.2, 0.25) is 5.91 Å². The first-order valence-corrected chi connectivity index (χ1v) is 8.79. The number of anilines is 3. The Morgan fingerprint density at radius 1 is 1.08 bits per heavy atom. The van der Waals surface area contributed by atoms with E-state index in [1.807, 2.05) is 47.8 Å². The fraction of sp³-hybridized carbons (Fsp3) is 0.158. The highest BCUT2D eigenvalue weighted by Gasteiger charge is 2.09. The third kappa shape index (κ3) is 4.12. The number of carbonyl (C=O) groups excluding carboxylic acids is 1. The number of thiazole rings is 1. The van der Waals surface area contributed by atoms with Gasteiger partial charge in [0.05, 0.1) is 25.6 Å². The summed E-state index contributed by atoms with van der Waals surface area (Å²) in [7, 11) is 3.23. The first-order valence-electron chi connectivity index (χ1n) is 7.91. The van der Waals surface area contributed by atoms with E-state index < -0.39 is 0 Å². The van der Waals surface area contributed by atoms with Crippen molar-refractivity contribution >= 4 is 33.8 Å². The van der Waals surface area contributed by atoms with E-state index in [2.05, 4.69) is 15.6 Å². The molecule has 1 heterocycles. The fourth-order valence-corrected chi connectivity index (χ4v) is 3.14. The number of benzene rings is 2. The van der Waals surface area contributed by atoms with E-state index in [1.165, 1.54) is 18.3 Å². The molecule has 2 aromatic carbocycles. The van der Waals surface area contributed by atoms with Crippen LogP contribution in [0.15, 0.2) is 47.8 Å². The zero-order valence-corrected chi connectivity index (χ0v) is 15.5. The maximum absolute atomic E-state index is 11.1. The Morgan fingerprint density at radius 2 is 1.85 bits per heavy atom. The van der Waals surface area contributed by atoms with Gasteiger partial charge in [-0.2, -0.15) is 0 Å². The molecule has 26 heavy (non-hydrogen) atoms. The lowest BCUT2D eigenvalue weighted by molar-refractivity contribution is -0.114. The van der Waals surface area contributed by atoms with E-state index >= 15 is 0 Å². The molecular formula is C19H19N3O3S. The number of hydrogen-bond donors (Lipinski definition) is 2. The second-order valence-corrected chi connectivity index (χ2v) is 6.35. The summed E-state index contributed by atoms with van der Waals surface area (Å²) in [4.78, 5) is 15.7. The van der Waals surface area contributed by atoms with Crippen LogP contribution in [0.5, 0.6) is 11.5 Å². The molecular weight excluding hydrogens is 350 g/mol. The summed E-state index contributed by atoms with van der Waals surface area (Å²) < 4.78 is 10.6. The average Bonchev–Trinajstić information content (AvgIpc) is 3.10. The van der Waals surface area contributed by atoms with Crippen LogP contribution < -0.4 is 20.1 Å². The average molecular weight is 369 g/mol. The van der Waals surface area contributed by atoms with E-state index in [0.29, 0.717) is 5.75 Å². The maximum Gasteiger partial charge on any atom is 0.221 e. The smallest absolute Gasteiger partial charge is 0.221 e. The summed E-state index contributed by atoms with van der Waals surface area (Å²) in [5, 5.41) is 8.76. The van der Waals surface area contributed by atoms with Crippen LogP contribution in [0.3, 0.4) is 0 Å². The quantitative estimate of drug-likeness (QED) is 0.668. The van der Waals surface area contributed by atoms with Crippen LogP contribution in [0.2, 0.25) is 0 Å². The maximum atomic E-state index is 11.1. The number of nitrogens with zero attached hydrogens (tertiary/aromatic N) is 1. The molecule has 0 aliphatic heterocycles. The Balaban J connectivity index is 1.77. The van der Waals surface area contributed by atoms with Crippen molar-refractivity contribution in [3.05, 3.63) is 47.8 Å². The van der Waals surface area contributed by atoms with Crippen molar-refractivity contribution in [1.29, 1.82) is 0 Å². The Labute approximate surface area is 155 Å². The van der Waals surface area contributed by atoms with Gasteiger partial charge in [-0.3, -0.25) is 4.79 Å². The van der Waals surface area contributed by atoms with Gasteiger partial charge in [0.25, 0.3) is 0 Å².